The topological polar surface area (TPSA) is 78.0 Å². The Morgan fingerprint density at radius 2 is 1.81 bits per heavy atom. The highest BCUT2D eigenvalue weighted by Gasteiger charge is 2.28. The van der Waals surface area contributed by atoms with Crippen molar-refractivity contribution in [2.45, 2.75) is 58.8 Å². The number of fused-ring (bicyclic) bond motifs is 1. The molecule has 0 radical (unpaired) electrons. The third-order valence-electron chi connectivity index (χ3n) is 3.31. The standard InChI is InChI=1S/C19H28N2O5S/c1-18(2,3)25-10-13(16(22)26-19(4,5)6)21-17(27)20-12-7-8-14-15(9-12)24-11-23-14/h7-9,13H,10-11H2,1-6H3,(H2,20,21,27). The molecular formula is C19H28N2O5S. The molecule has 0 bridgehead atoms. The lowest BCUT2D eigenvalue weighted by atomic mass is 10.1. The van der Waals surface area contributed by atoms with Gasteiger partial charge >= 0.3 is 5.97 Å². The molecule has 0 aliphatic carbocycles. The van der Waals surface area contributed by atoms with E-state index in [1.165, 1.54) is 0 Å². The maximum absolute atomic E-state index is 12.5. The van der Waals surface area contributed by atoms with E-state index in [4.69, 9.17) is 31.2 Å². The van der Waals surface area contributed by atoms with Crippen LogP contribution in [0, 0.1) is 0 Å². The van der Waals surface area contributed by atoms with E-state index in [-0.39, 0.29) is 18.5 Å². The molecule has 1 atom stereocenters. The van der Waals surface area contributed by atoms with Crippen LogP contribution in [0.1, 0.15) is 41.5 Å². The van der Waals surface area contributed by atoms with E-state index < -0.39 is 23.2 Å². The van der Waals surface area contributed by atoms with Gasteiger partial charge in [0.25, 0.3) is 0 Å². The maximum atomic E-state index is 12.5. The number of carbonyl (C=O) groups is 1. The third kappa shape index (κ3) is 7.22. The molecule has 0 fully saturated rings. The van der Waals surface area contributed by atoms with Gasteiger partial charge in [0.15, 0.2) is 16.6 Å². The van der Waals surface area contributed by atoms with Crippen LogP contribution in [-0.4, -0.2) is 41.7 Å². The molecule has 7 nitrogen and oxygen atoms in total. The van der Waals surface area contributed by atoms with Gasteiger partial charge in [0.05, 0.1) is 12.2 Å². The lowest BCUT2D eigenvalue weighted by Gasteiger charge is -2.28. The first-order valence-corrected chi connectivity index (χ1v) is 9.18. The molecule has 150 valence electrons. The Bertz CT molecular complexity index is 694. The van der Waals surface area contributed by atoms with Crippen LogP contribution >= 0.6 is 12.2 Å². The highest BCUT2D eigenvalue weighted by molar-refractivity contribution is 7.80. The van der Waals surface area contributed by atoms with E-state index in [2.05, 4.69) is 10.6 Å². The van der Waals surface area contributed by atoms with Crippen molar-refractivity contribution < 1.29 is 23.7 Å². The van der Waals surface area contributed by atoms with Gasteiger partial charge in [0, 0.05) is 11.8 Å². The average molecular weight is 397 g/mol. The van der Waals surface area contributed by atoms with Crippen molar-refractivity contribution >= 4 is 29.0 Å². The van der Waals surface area contributed by atoms with Gasteiger partial charge in [-0.2, -0.15) is 0 Å². The van der Waals surface area contributed by atoms with Crippen LogP contribution in [0.3, 0.4) is 0 Å². The van der Waals surface area contributed by atoms with Gasteiger partial charge in [-0.3, -0.25) is 0 Å². The molecule has 1 unspecified atom stereocenters. The number of thiocarbonyl (C=S) groups is 1. The summed E-state index contributed by atoms with van der Waals surface area (Å²) in [6.45, 7) is 11.5. The van der Waals surface area contributed by atoms with Gasteiger partial charge < -0.3 is 29.6 Å². The number of ether oxygens (including phenoxy) is 4. The molecule has 2 N–H and O–H groups in total. The Balaban J connectivity index is 2.01. The molecule has 1 heterocycles. The zero-order valence-electron chi connectivity index (χ0n) is 16.7. The summed E-state index contributed by atoms with van der Waals surface area (Å²) < 4.78 is 21.9. The van der Waals surface area contributed by atoms with Crippen molar-refractivity contribution in [2.24, 2.45) is 0 Å². The van der Waals surface area contributed by atoms with Gasteiger partial charge in [-0.05, 0) is 65.9 Å². The van der Waals surface area contributed by atoms with E-state index in [0.717, 1.165) is 5.69 Å². The predicted octanol–water partition coefficient (Wildman–Crippen LogP) is 3.23. The number of hydrogen-bond donors (Lipinski definition) is 2. The normalized spacial score (nSPS) is 14.4. The molecule has 0 amide bonds. The van der Waals surface area contributed by atoms with Gasteiger partial charge in [0.1, 0.15) is 11.6 Å². The largest absolute Gasteiger partial charge is 0.458 e. The first-order chi connectivity index (χ1) is 12.4. The summed E-state index contributed by atoms with van der Waals surface area (Å²) in [5, 5.41) is 6.30. The van der Waals surface area contributed by atoms with Crippen LogP contribution in [0.15, 0.2) is 18.2 Å². The summed E-state index contributed by atoms with van der Waals surface area (Å²) in [6, 6.07) is 4.65. The van der Waals surface area contributed by atoms with Crippen molar-refractivity contribution in [3.05, 3.63) is 18.2 Å². The van der Waals surface area contributed by atoms with Crippen molar-refractivity contribution in [2.75, 3.05) is 18.7 Å². The number of esters is 1. The molecular weight excluding hydrogens is 368 g/mol. The van der Waals surface area contributed by atoms with Crippen LogP contribution in [-0.2, 0) is 14.3 Å². The van der Waals surface area contributed by atoms with Crippen LogP contribution < -0.4 is 20.1 Å². The van der Waals surface area contributed by atoms with Gasteiger partial charge in [-0.25, -0.2) is 4.79 Å². The molecule has 1 aromatic rings. The van der Waals surface area contributed by atoms with Crippen LogP contribution in [0.4, 0.5) is 5.69 Å². The summed E-state index contributed by atoms with van der Waals surface area (Å²) in [4.78, 5) is 12.5. The van der Waals surface area contributed by atoms with E-state index in [0.29, 0.717) is 11.5 Å². The molecule has 1 aliphatic heterocycles. The smallest absolute Gasteiger partial charge is 0.331 e. The number of rotatable bonds is 5. The van der Waals surface area contributed by atoms with Gasteiger partial charge in [-0.15, -0.1) is 0 Å². The van der Waals surface area contributed by atoms with E-state index in [1.807, 2.05) is 47.6 Å². The molecule has 2 rings (SSSR count). The SMILES string of the molecule is CC(C)(C)OCC(NC(=S)Nc1ccc2c(c1)OCO2)C(=O)OC(C)(C)C. The second-order valence-corrected chi connectivity index (χ2v) is 8.58. The summed E-state index contributed by atoms with van der Waals surface area (Å²) in [6.07, 6.45) is 0. The van der Waals surface area contributed by atoms with Gasteiger partial charge in [0.2, 0.25) is 6.79 Å². The molecule has 0 saturated carbocycles. The van der Waals surface area contributed by atoms with Crippen LogP contribution in [0.5, 0.6) is 11.5 Å². The number of anilines is 1. The molecule has 27 heavy (non-hydrogen) atoms. The Hall–Kier alpha value is -2.06. The molecule has 1 aromatic carbocycles. The zero-order valence-corrected chi connectivity index (χ0v) is 17.5. The van der Waals surface area contributed by atoms with Crippen molar-refractivity contribution in [3.63, 3.8) is 0 Å². The average Bonchev–Trinajstić information content (AvgIpc) is 2.96. The molecule has 0 aromatic heterocycles. The van der Waals surface area contributed by atoms with E-state index in [1.54, 1.807) is 12.1 Å². The highest BCUT2D eigenvalue weighted by atomic mass is 32.1. The van der Waals surface area contributed by atoms with Crippen LogP contribution in [0.2, 0.25) is 0 Å². The fourth-order valence-electron chi connectivity index (χ4n) is 2.17. The quantitative estimate of drug-likeness (QED) is 0.580. The Kier molecular flexibility index (Phi) is 6.54. The number of hydrogen-bond acceptors (Lipinski definition) is 6. The van der Waals surface area contributed by atoms with Crippen molar-refractivity contribution in [1.82, 2.24) is 5.32 Å². The monoisotopic (exact) mass is 396 g/mol. The number of nitrogens with one attached hydrogen (secondary N) is 2. The van der Waals surface area contributed by atoms with Crippen LogP contribution in [0.25, 0.3) is 0 Å². The third-order valence-corrected chi connectivity index (χ3v) is 3.53. The lowest BCUT2D eigenvalue weighted by molar-refractivity contribution is -0.159. The zero-order chi connectivity index (χ0) is 20.2. The van der Waals surface area contributed by atoms with Crippen molar-refractivity contribution in [3.8, 4) is 11.5 Å². The molecule has 1 aliphatic rings. The highest BCUT2D eigenvalue weighted by Crippen LogP contribution is 2.34. The van der Waals surface area contributed by atoms with E-state index >= 15 is 0 Å². The Morgan fingerprint density at radius 3 is 2.44 bits per heavy atom. The van der Waals surface area contributed by atoms with Crippen molar-refractivity contribution in [1.29, 1.82) is 0 Å². The minimum atomic E-state index is -0.738. The van der Waals surface area contributed by atoms with E-state index in [9.17, 15) is 4.79 Å². The predicted molar refractivity (Wildman–Crippen MR) is 107 cm³/mol. The Morgan fingerprint density at radius 1 is 1.15 bits per heavy atom. The number of benzene rings is 1. The second-order valence-electron chi connectivity index (χ2n) is 8.18. The minimum absolute atomic E-state index is 0.126. The second kappa shape index (κ2) is 8.31. The Labute approximate surface area is 165 Å². The molecule has 0 saturated heterocycles. The lowest BCUT2D eigenvalue weighted by Crippen LogP contribution is -2.49. The molecule has 8 heteroatoms. The summed E-state index contributed by atoms with van der Waals surface area (Å²) in [5.41, 5.74) is -0.282. The van der Waals surface area contributed by atoms with Gasteiger partial charge in [-0.1, -0.05) is 0 Å². The fraction of sp³-hybridized carbons (Fsp3) is 0.579. The summed E-state index contributed by atoms with van der Waals surface area (Å²) in [5.74, 6) is 0.897. The number of carbonyl (C=O) groups excluding carboxylic acids is 1. The first-order valence-electron chi connectivity index (χ1n) is 8.77. The first kappa shape index (κ1) is 21.2. The summed E-state index contributed by atoms with van der Waals surface area (Å²) in [7, 11) is 0. The fourth-order valence-corrected chi connectivity index (χ4v) is 2.43. The molecule has 0 spiro atoms. The minimum Gasteiger partial charge on any atom is -0.458 e. The maximum Gasteiger partial charge on any atom is 0.331 e. The summed E-state index contributed by atoms with van der Waals surface area (Å²) >= 11 is 5.35.